The molecule has 1 saturated heterocycles. The number of hydrogen-bond acceptors (Lipinski definition) is 4. The minimum atomic E-state index is -4.57. The zero-order chi connectivity index (χ0) is 25.4. The third-order valence-corrected chi connectivity index (χ3v) is 8.18. The van der Waals surface area contributed by atoms with Crippen LogP contribution >= 0.6 is 0 Å². The first-order valence-electron chi connectivity index (χ1n) is 12.0. The average Bonchev–Trinajstić information content (AvgIpc) is 3.20. The Bertz CT molecular complexity index is 1510. The minimum absolute atomic E-state index is 0.0790. The standard InChI is InChI=1S/C28H28F2N2O3S/c1-19-15-22(35-36(33,34)26-10-6-9-25(29)27(26)30)16-23-24(21-11-13-31(2)14-12-21)18-32(28(19)23)17-20-7-4-3-5-8-20/h3-10,15-16,18,21H,11-14,17H2,1-2H3. The van der Waals surface area contributed by atoms with Crippen molar-refractivity contribution in [3.05, 3.63) is 95.2 Å². The fourth-order valence-corrected chi connectivity index (χ4v) is 6.10. The summed E-state index contributed by atoms with van der Waals surface area (Å²) in [6.45, 7) is 4.55. The Balaban J connectivity index is 1.59. The molecule has 0 atom stereocenters. The smallest absolute Gasteiger partial charge is 0.342 e. The van der Waals surface area contributed by atoms with Gasteiger partial charge in [0.05, 0.1) is 5.52 Å². The molecule has 1 fully saturated rings. The summed E-state index contributed by atoms with van der Waals surface area (Å²) < 4.78 is 61.2. The van der Waals surface area contributed by atoms with E-state index in [0.717, 1.165) is 71.7 Å². The van der Waals surface area contributed by atoms with E-state index in [-0.39, 0.29) is 5.75 Å². The summed E-state index contributed by atoms with van der Waals surface area (Å²) >= 11 is 0. The van der Waals surface area contributed by atoms with E-state index in [2.05, 4.69) is 34.8 Å². The second-order valence-electron chi connectivity index (χ2n) is 9.50. The summed E-state index contributed by atoms with van der Waals surface area (Å²) in [4.78, 5) is 1.48. The van der Waals surface area contributed by atoms with Gasteiger partial charge in [0.15, 0.2) is 11.6 Å². The van der Waals surface area contributed by atoms with Crippen molar-refractivity contribution >= 4 is 21.0 Å². The normalized spacial score (nSPS) is 15.4. The molecule has 1 aromatic heterocycles. The molecule has 1 aliphatic rings. The molecule has 0 spiro atoms. The number of aryl methyl sites for hydroxylation is 1. The van der Waals surface area contributed by atoms with Crippen LogP contribution in [0.1, 0.15) is 35.4 Å². The van der Waals surface area contributed by atoms with Gasteiger partial charge in [-0.1, -0.05) is 36.4 Å². The number of aromatic nitrogens is 1. The van der Waals surface area contributed by atoms with Crippen LogP contribution in [0.2, 0.25) is 0 Å². The molecule has 5 nitrogen and oxygen atoms in total. The number of halogens is 2. The summed E-state index contributed by atoms with van der Waals surface area (Å²) in [7, 11) is -2.45. The molecule has 0 N–H and O–H groups in total. The molecule has 0 saturated carbocycles. The van der Waals surface area contributed by atoms with Crippen molar-refractivity contribution in [3.8, 4) is 5.75 Å². The lowest BCUT2D eigenvalue weighted by atomic mass is 9.89. The van der Waals surface area contributed by atoms with Gasteiger partial charge in [-0.3, -0.25) is 0 Å². The molecular formula is C28H28F2N2O3S. The van der Waals surface area contributed by atoms with Gasteiger partial charge in [-0.25, -0.2) is 8.78 Å². The second kappa shape index (κ2) is 9.67. The second-order valence-corrected chi connectivity index (χ2v) is 11.0. The van der Waals surface area contributed by atoms with Crippen molar-refractivity contribution in [2.45, 2.75) is 37.1 Å². The molecule has 0 amide bonds. The molecule has 0 unspecified atom stereocenters. The van der Waals surface area contributed by atoms with Crippen molar-refractivity contribution in [1.82, 2.24) is 9.47 Å². The maximum absolute atomic E-state index is 14.2. The topological polar surface area (TPSA) is 51.5 Å². The third kappa shape index (κ3) is 4.75. The zero-order valence-corrected chi connectivity index (χ0v) is 21.1. The van der Waals surface area contributed by atoms with Gasteiger partial charge in [-0.2, -0.15) is 8.42 Å². The summed E-state index contributed by atoms with van der Waals surface area (Å²) in [5.74, 6) is -2.28. The highest BCUT2D eigenvalue weighted by atomic mass is 32.2. The van der Waals surface area contributed by atoms with E-state index in [9.17, 15) is 17.2 Å². The number of rotatable bonds is 6. The summed E-state index contributed by atoms with van der Waals surface area (Å²) in [5.41, 5.74) is 4.16. The van der Waals surface area contributed by atoms with Crippen LogP contribution in [0.3, 0.4) is 0 Å². The molecular weight excluding hydrogens is 482 g/mol. The van der Waals surface area contributed by atoms with Gasteiger partial charge < -0.3 is 13.7 Å². The number of hydrogen-bond donors (Lipinski definition) is 0. The average molecular weight is 511 g/mol. The number of likely N-dealkylation sites (tertiary alicyclic amines) is 1. The van der Waals surface area contributed by atoms with Gasteiger partial charge in [-0.05, 0) is 86.8 Å². The molecule has 36 heavy (non-hydrogen) atoms. The molecule has 2 heterocycles. The molecule has 0 aliphatic carbocycles. The van der Waals surface area contributed by atoms with E-state index >= 15 is 0 Å². The van der Waals surface area contributed by atoms with Gasteiger partial charge in [0.2, 0.25) is 0 Å². The fraction of sp³-hybridized carbons (Fsp3) is 0.286. The molecule has 0 bridgehead atoms. The first-order chi connectivity index (χ1) is 17.2. The lowest BCUT2D eigenvalue weighted by molar-refractivity contribution is 0.256. The number of fused-ring (bicyclic) bond motifs is 1. The van der Waals surface area contributed by atoms with Gasteiger partial charge in [0.1, 0.15) is 10.6 Å². The third-order valence-electron chi connectivity index (χ3n) is 6.91. The van der Waals surface area contributed by atoms with E-state index in [1.54, 1.807) is 12.1 Å². The van der Waals surface area contributed by atoms with Crippen molar-refractivity contribution in [1.29, 1.82) is 0 Å². The van der Waals surface area contributed by atoms with E-state index < -0.39 is 26.6 Å². The summed E-state index contributed by atoms with van der Waals surface area (Å²) in [5, 5.41) is 0.922. The van der Waals surface area contributed by atoms with E-state index in [1.807, 2.05) is 25.1 Å². The predicted molar refractivity (Wildman–Crippen MR) is 136 cm³/mol. The van der Waals surface area contributed by atoms with Crippen LogP contribution in [0.4, 0.5) is 8.78 Å². The zero-order valence-electron chi connectivity index (χ0n) is 20.2. The van der Waals surface area contributed by atoms with Crippen molar-refractivity contribution in [3.63, 3.8) is 0 Å². The Kier molecular flexibility index (Phi) is 6.57. The molecule has 8 heteroatoms. The van der Waals surface area contributed by atoms with Crippen molar-refractivity contribution < 1.29 is 21.4 Å². The largest absolute Gasteiger partial charge is 0.379 e. The molecule has 3 aromatic carbocycles. The Morgan fingerprint density at radius 1 is 1.00 bits per heavy atom. The Morgan fingerprint density at radius 2 is 1.72 bits per heavy atom. The van der Waals surface area contributed by atoms with Crippen LogP contribution in [-0.4, -0.2) is 38.0 Å². The highest BCUT2D eigenvalue weighted by molar-refractivity contribution is 7.87. The minimum Gasteiger partial charge on any atom is -0.379 e. The highest BCUT2D eigenvalue weighted by Gasteiger charge is 2.27. The van der Waals surface area contributed by atoms with Crippen molar-refractivity contribution in [2.75, 3.05) is 20.1 Å². The Labute approximate surface area is 210 Å². The van der Waals surface area contributed by atoms with Crippen LogP contribution in [-0.2, 0) is 16.7 Å². The van der Waals surface area contributed by atoms with Gasteiger partial charge >= 0.3 is 10.1 Å². The molecule has 5 rings (SSSR count). The van der Waals surface area contributed by atoms with Gasteiger partial charge in [-0.15, -0.1) is 0 Å². The Hall–Kier alpha value is -3.23. The van der Waals surface area contributed by atoms with E-state index in [1.165, 1.54) is 0 Å². The van der Waals surface area contributed by atoms with E-state index in [4.69, 9.17) is 4.18 Å². The molecule has 0 radical (unpaired) electrons. The van der Waals surface area contributed by atoms with Crippen LogP contribution in [0, 0.1) is 18.6 Å². The Morgan fingerprint density at radius 3 is 2.44 bits per heavy atom. The summed E-state index contributed by atoms with van der Waals surface area (Å²) in [6, 6.07) is 16.5. The summed E-state index contributed by atoms with van der Waals surface area (Å²) in [6.07, 6.45) is 4.17. The van der Waals surface area contributed by atoms with Gasteiger partial charge in [0, 0.05) is 18.1 Å². The van der Waals surface area contributed by atoms with Crippen LogP contribution < -0.4 is 4.18 Å². The first-order valence-corrected chi connectivity index (χ1v) is 13.4. The lowest BCUT2D eigenvalue weighted by Crippen LogP contribution is -2.29. The monoisotopic (exact) mass is 510 g/mol. The molecule has 188 valence electrons. The fourth-order valence-electron chi connectivity index (χ4n) is 5.10. The van der Waals surface area contributed by atoms with Crippen LogP contribution in [0.25, 0.3) is 10.9 Å². The first kappa shape index (κ1) is 24.5. The quantitative estimate of drug-likeness (QED) is 0.305. The van der Waals surface area contributed by atoms with Crippen LogP contribution in [0.15, 0.2) is 71.8 Å². The number of nitrogens with zero attached hydrogens (tertiary/aromatic N) is 2. The highest BCUT2D eigenvalue weighted by Crippen LogP contribution is 2.38. The lowest BCUT2D eigenvalue weighted by Gasteiger charge is -2.28. The van der Waals surface area contributed by atoms with Gasteiger partial charge in [0.25, 0.3) is 0 Å². The number of benzene rings is 3. The maximum Gasteiger partial charge on any atom is 0.342 e. The SMILES string of the molecule is Cc1cc(OS(=O)(=O)c2cccc(F)c2F)cc2c(C3CCN(C)CC3)cn(Cc3ccccc3)c12. The molecule has 4 aromatic rings. The van der Waals surface area contributed by atoms with E-state index in [0.29, 0.717) is 12.5 Å². The maximum atomic E-state index is 14.2. The van der Waals surface area contributed by atoms with Crippen LogP contribution in [0.5, 0.6) is 5.75 Å². The number of piperidine rings is 1. The molecule has 1 aliphatic heterocycles. The van der Waals surface area contributed by atoms with Crippen molar-refractivity contribution in [2.24, 2.45) is 0 Å². The predicted octanol–water partition coefficient (Wildman–Crippen LogP) is 5.85.